The first-order valence-electron chi connectivity index (χ1n) is 21.6. The minimum atomic E-state index is -3.18. The summed E-state index contributed by atoms with van der Waals surface area (Å²) in [5, 5.41) is 0. The van der Waals surface area contributed by atoms with Crippen LogP contribution in [0.5, 0.6) is 0 Å². The summed E-state index contributed by atoms with van der Waals surface area (Å²) in [6.45, 7) is 7.72. The smallest absolute Gasteiger partial charge is 0.330 e. The van der Waals surface area contributed by atoms with Crippen molar-refractivity contribution in [1.29, 1.82) is 0 Å². The molecule has 0 saturated carbocycles. The van der Waals surface area contributed by atoms with Gasteiger partial charge in [0.1, 0.15) is 0 Å². The molecule has 0 fully saturated rings. The first-order chi connectivity index (χ1) is 23.6. The minimum absolute atomic E-state index is 0.236. The quantitative estimate of drug-likeness (QED) is 0.0361. The molecule has 0 rings (SSSR count). The van der Waals surface area contributed by atoms with Gasteiger partial charge >= 0.3 is 13.6 Å². The highest BCUT2D eigenvalue weighted by molar-refractivity contribution is 7.53. The molecule has 0 bridgehead atoms. The van der Waals surface area contributed by atoms with E-state index in [0.717, 1.165) is 25.7 Å². The van der Waals surface area contributed by atoms with Crippen LogP contribution in [-0.4, -0.2) is 32.0 Å². The Morgan fingerprint density at radius 3 is 0.938 bits per heavy atom. The van der Waals surface area contributed by atoms with E-state index in [1.807, 2.05) is 6.92 Å². The average Bonchev–Trinajstić information content (AvgIpc) is 3.07. The summed E-state index contributed by atoms with van der Waals surface area (Å²) in [4.78, 5) is 11.8. The molecule has 0 aromatic heterocycles. The maximum Gasteiger partial charge on any atom is 0.330 e. The predicted octanol–water partition coefficient (Wildman–Crippen LogP) is 15.1. The Hall–Kier alpha value is -0.380. The average molecular weight is 701 g/mol. The lowest BCUT2D eigenvalue weighted by Gasteiger charge is -2.18. The third kappa shape index (κ3) is 36.9. The number of carbonyl (C=O) groups is 1. The van der Waals surface area contributed by atoms with Gasteiger partial charge < -0.3 is 13.8 Å². The molecular weight excluding hydrogens is 615 g/mol. The van der Waals surface area contributed by atoms with Crippen molar-refractivity contribution in [2.24, 2.45) is 0 Å². The standard InChI is InChI=1S/C42H85O5P/c1-4-7-9-11-13-15-17-19-21-23-25-27-29-31-33-35-39-46-48(44,41-37-38-42(43)45-6-3)47-40-36-34-32-30-28-26-24-22-20-18-16-14-12-10-8-5-2/h4-41H2,1-3H3. The van der Waals surface area contributed by atoms with E-state index in [0.29, 0.717) is 32.4 Å². The van der Waals surface area contributed by atoms with E-state index in [4.69, 9.17) is 13.8 Å². The number of hydrogen-bond donors (Lipinski definition) is 0. The molecule has 0 saturated heterocycles. The van der Waals surface area contributed by atoms with Crippen LogP contribution in [0.4, 0.5) is 0 Å². The largest absolute Gasteiger partial charge is 0.466 e. The molecule has 0 aliphatic rings. The summed E-state index contributed by atoms with van der Waals surface area (Å²) in [6.07, 6.45) is 43.6. The molecule has 0 heterocycles. The molecule has 0 aromatic carbocycles. The second-order valence-electron chi connectivity index (χ2n) is 14.5. The van der Waals surface area contributed by atoms with Gasteiger partial charge in [-0.15, -0.1) is 0 Å². The third-order valence-corrected chi connectivity index (χ3v) is 11.7. The highest BCUT2D eigenvalue weighted by Gasteiger charge is 2.24. The number of ether oxygens (including phenoxy) is 1. The Balaban J connectivity index is 3.89. The van der Waals surface area contributed by atoms with E-state index in [1.165, 1.54) is 180 Å². The van der Waals surface area contributed by atoms with E-state index in [9.17, 15) is 9.36 Å². The van der Waals surface area contributed by atoms with Gasteiger partial charge in [0, 0.05) is 6.42 Å². The van der Waals surface area contributed by atoms with Crippen molar-refractivity contribution in [3.8, 4) is 0 Å². The van der Waals surface area contributed by atoms with Gasteiger partial charge in [-0.25, -0.2) is 0 Å². The lowest BCUT2D eigenvalue weighted by Crippen LogP contribution is -2.07. The molecule has 0 N–H and O–H groups in total. The fourth-order valence-electron chi connectivity index (χ4n) is 6.52. The second kappa shape index (κ2) is 39.4. The van der Waals surface area contributed by atoms with Gasteiger partial charge in [0.25, 0.3) is 0 Å². The van der Waals surface area contributed by atoms with Crippen molar-refractivity contribution in [3.63, 3.8) is 0 Å². The SMILES string of the molecule is CCCCCCCCCCCCCCCCCCOP(=O)(CCCC(=O)OCC)OCCCCCCCCCCCCCCCCCC. The topological polar surface area (TPSA) is 61.8 Å². The number of carbonyl (C=O) groups excluding carboxylic acids is 1. The monoisotopic (exact) mass is 701 g/mol. The van der Waals surface area contributed by atoms with E-state index >= 15 is 0 Å². The fourth-order valence-corrected chi connectivity index (χ4v) is 8.22. The second-order valence-corrected chi connectivity index (χ2v) is 16.7. The zero-order valence-corrected chi connectivity index (χ0v) is 33.8. The Morgan fingerprint density at radius 1 is 0.396 bits per heavy atom. The molecular formula is C42H85O5P. The molecule has 5 nitrogen and oxygen atoms in total. The van der Waals surface area contributed by atoms with Crippen molar-refractivity contribution >= 4 is 13.6 Å². The molecule has 0 unspecified atom stereocenters. The van der Waals surface area contributed by atoms with Crippen molar-refractivity contribution in [2.75, 3.05) is 26.0 Å². The summed E-state index contributed by atoms with van der Waals surface area (Å²) in [6, 6.07) is 0. The first kappa shape index (κ1) is 47.6. The molecule has 48 heavy (non-hydrogen) atoms. The van der Waals surface area contributed by atoms with Gasteiger partial charge in [0.15, 0.2) is 0 Å². The van der Waals surface area contributed by atoms with Crippen LogP contribution < -0.4 is 0 Å². The number of rotatable bonds is 41. The summed E-state index contributed by atoms with van der Waals surface area (Å²) in [5.74, 6) is -0.236. The van der Waals surface area contributed by atoms with Gasteiger partial charge in [0.05, 0.1) is 26.0 Å². The highest BCUT2D eigenvalue weighted by Crippen LogP contribution is 2.49. The first-order valence-corrected chi connectivity index (χ1v) is 23.3. The van der Waals surface area contributed by atoms with Crippen LogP contribution >= 0.6 is 7.60 Å². The summed E-state index contributed by atoms with van der Waals surface area (Å²) >= 11 is 0. The molecule has 0 radical (unpaired) electrons. The molecule has 0 aliphatic heterocycles. The molecule has 0 aromatic rings. The normalized spacial score (nSPS) is 11.8. The van der Waals surface area contributed by atoms with Gasteiger partial charge in [-0.1, -0.05) is 206 Å². The van der Waals surface area contributed by atoms with Crippen LogP contribution in [0.1, 0.15) is 239 Å². The maximum atomic E-state index is 13.5. The molecule has 288 valence electrons. The van der Waals surface area contributed by atoms with E-state index < -0.39 is 7.60 Å². The maximum absolute atomic E-state index is 13.5. The van der Waals surface area contributed by atoms with Crippen molar-refractivity contribution < 1.29 is 23.1 Å². The van der Waals surface area contributed by atoms with Crippen LogP contribution in [0.2, 0.25) is 0 Å². The number of unbranched alkanes of at least 4 members (excludes halogenated alkanes) is 30. The predicted molar refractivity (Wildman–Crippen MR) is 209 cm³/mol. The van der Waals surface area contributed by atoms with Crippen molar-refractivity contribution in [1.82, 2.24) is 0 Å². The Morgan fingerprint density at radius 2 is 0.667 bits per heavy atom. The van der Waals surface area contributed by atoms with Crippen LogP contribution in [-0.2, 0) is 23.1 Å². The number of esters is 1. The van der Waals surface area contributed by atoms with E-state index in [-0.39, 0.29) is 12.4 Å². The fraction of sp³-hybridized carbons (Fsp3) is 0.976. The van der Waals surface area contributed by atoms with Crippen LogP contribution in [0.3, 0.4) is 0 Å². The summed E-state index contributed by atoms with van der Waals surface area (Å²) in [5.41, 5.74) is 0. The molecule has 0 amide bonds. The molecule has 0 aliphatic carbocycles. The lowest BCUT2D eigenvalue weighted by molar-refractivity contribution is -0.143. The van der Waals surface area contributed by atoms with Crippen LogP contribution in [0.25, 0.3) is 0 Å². The van der Waals surface area contributed by atoms with Gasteiger partial charge in [-0.05, 0) is 26.2 Å². The zero-order valence-electron chi connectivity index (χ0n) is 32.9. The zero-order chi connectivity index (χ0) is 35.1. The third-order valence-electron chi connectivity index (χ3n) is 9.69. The summed E-state index contributed by atoms with van der Waals surface area (Å²) < 4.78 is 30.3. The van der Waals surface area contributed by atoms with Crippen LogP contribution in [0, 0.1) is 0 Å². The van der Waals surface area contributed by atoms with Crippen LogP contribution in [0.15, 0.2) is 0 Å². The lowest BCUT2D eigenvalue weighted by atomic mass is 10.0. The minimum Gasteiger partial charge on any atom is -0.466 e. The Labute approximate surface area is 301 Å². The van der Waals surface area contributed by atoms with E-state index in [2.05, 4.69) is 13.8 Å². The Kier molecular flexibility index (Phi) is 39.1. The highest BCUT2D eigenvalue weighted by atomic mass is 31.2. The van der Waals surface area contributed by atoms with Crippen molar-refractivity contribution in [3.05, 3.63) is 0 Å². The van der Waals surface area contributed by atoms with Gasteiger partial charge in [0.2, 0.25) is 0 Å². The van der Waals surface area contributed by atoms with Crippen molar-refractivity contribution in [2.45, 2.75) is 239 Å². The van der Waals surface area contributed by atoms with Gasteiger partial charge in [-0.3, -0.25) is 9.36 Å². The number of hydrogen-bond acceptors (Lipinski definition) is 5. The van der Waals surface area contributed by atoms with Gasteiger partial charge in [-0.2, -0.15) is 0 Å². The molecule has 6 heteroatoms. The molecule has 0 spiro atoms. The summed E-state index contributed by atoms with van der Waals surface area (Å²) in [7, 11) is -3.18. The van der Waals surface area contributed by atoms with E-state index in [1.54, 1.807) is 0 Å². The molecule has 0 atom stereocenters. The Bertz CT molecular complexity index is 643.